The normalized spacial score (nSPS) is 16.3. The van der Waals surface area contributed by atoms with Crippen LogP contribution in [0.2, 0.25) is 0 Å². The second-order valence-corrected chi connectivity index (χ2v) is 8.09. The second-order valence-electron chi connectivity index (χ2n) is 6.11. The van der Waals surface area contributed by atoms with E-state index in [4.69, 9.17) is 0 Å². The third-order valence-electron chi connectivity index (χ3n) is 4.27. The highest BCUT2D eigenvalue weighted by molar-refractivity contribution is 7.90. The number of rotatable bonds is 6. The number of nitrogens with one attached hydrogen (secondary N) is 1. The van der Waals surface area contributed by atoms with Crippen LogP contribution in [-0.4, -0.2) is 51.7 Å². The summed E-state index contributed by atoms with van der Waals surface area (Å²) in [5.74, 6) is -0.213. The van der Waals surface area contributed by atoms with Gasteiger partial charge in [-0.1, -0.05) is 19.4 Å². The molecule has 0 saturated carbocycles. The Morgan fingerprint density at radius 3 is 2.52 bits per heavy atom. The van der Waals surface area contributed by atoms with Crippen molar-refractivity contribution >= 4 is 15.7 Å². The van der Waals surface area contributed by atoms with E-state index >= 15 is 0 Å². The molecule has 5 nitrogen and oxygen atoms in total. The van der Waals surface area contributed by atoms with E-state index in [0.29, 0.717) is 18.5 Å². The molecule has 0 aromatic heterocycles. The summed E-state index contributed by atoms with van der Waals surface area (Å²) in [7, 11) is -3.33. The van der Waals surface area contributed by atoms with Crippen LogP contribution in [0.3, 0.4) is 0 Å². The van der Waals surface area contributed by atoms with E-state index in [2.05, 4.69) is 10.2 Å². The maximum absolute atomic E-state index is 12.2. The molecule has 1 aliphatic heterocycles. The number of benzene rings is 1. The third kappa shape index (κ3) is 5.04. The van der Waals surface area contributed by atoms with Crippen LogP contribution >= 0.6 is 0 Å². The molecular weight excluding hydrogens is 312 g/mol. The van der Waals surface area contributed by atoms with Crippen molar-refractivity contribution < 1.29 is 13.2 Å². The monoisotopic (exact) mass is 338 g/mol. The van der Waals surface area contributed by atoms with Gasteiger partial charge in [0.15, 0.2) is 9.84 Å². The number of sulfone groups is 1. The van der Waals surface area contributed by atoms with Crippen LogP contribution < -0.4 is 5.32 Å². The van der Waals surface area contributed by atoms with Gasteiger partial charge in [-0.15, -0.1) is 0 Å². The van der Waals surface area contributed by atoms with Gasteiger partial charge in [-0.3, -0.25) is 4.79 Å². The number of nitrogens with zero attached hydrogens (tertiary/aromatic N) is 1. The zero-order valence-corrected chi connectivity index (χ0v) is 14.8. The summed E-state index contributed by atoms with van der Waals surface area (Å²) in [5, 5.41) is 2.89. The molecule has 23 heavy (non-hydrogen) atoms. The van der Waals surface area contributed by atoms with E-state index in [1.807, 2.05) is 6.92 Å². The number of piperidine rings is 1. The van der Waals surface area contributed by atoms with Crippen molar-refractivity contribution in [1.29, 1.82) is 0 Å². The molecule has 0 bridgehead atoms. The minimum atomic E-state index is -3.33. The molecule has 0 radical (unpaired) electrons. The first-order chi connectivity index (χ1) is 10.9. The fraction of sp³-hybridized carbons (Fsp3) is 0.588. The first-order valence-electron chi connectivity index (χ1n) is 8.25. The van der Waals surface area contributed by atoms with Gasteiger partial charge in [-0.2, -0.15) is 0 Å². The van der Waals surface area contributed by atoms with Crippen LogP contribution in [0.15, 0.2) is 23.1 Å². The van der Waals surface area contributed by atoms with Gasteiger partial charge in [0.05, 0.1) is 4.90 Å². The average molecular weight is 338 g/mol. The zero-order chi connectivity index (χ0) is 16.9. The quantitative estimate of drug-likeness (QED) is 0.860. The number of carbonyl (C=O) groups excluding carboxylic acids is 1. The lowest BCUT2D eigenvalue weighted by atomic mass is 10.1. The summed E-state index contributed by atoms with van der Waals surface area (Å²) in [6.07, 6.45) is 5.55. The van der Waals surface area contributed by atoms with Gasteiger partial charge in [-0.05, 0) is 50.0 Å². The lowest BCUT2D eigenvalue weighted by Crippen LogP contribution is -2.37. The van der Waals surface area contributed by atoms with Crippen molar-refractivity contribution in [2.75, 3.05) is 32.4 Å². The molecule has 1 heterocycles. The third-order valence-corrected chi connectivity index (χ3v) is 5.45. The Morgan fingerprint density at radius 1 is 1.22 bits per heavy atom. The maximum atomic E-state index is 12.2. The van der Waals surface area contributed by atoms with E-state index in [0.717, 1.165) is 25.2 Å². The molecule has 1 aromatic rings. The molecular formula is C17H26N2O3S. The molecule has 1 aliphatic rings. The van der Waals surface area contributed by atoms with Crippen LogP contribution in [0, 0.1) is 0 Å². The SMILES string of the molecule is CCc1ccc(C(=O)NCCN2CCCCC2)cc1S(C)(=O)=O. The number of carbonyl (C=O) groups is 1. The van der Waals surface area contributed by atoms with Gasteiger partial charge in [0.25, 0.3) is 5.91 Å². The topological polar surface area (TPSA) is 66.5 Å². The van der Waals surface area contributed by atoms with Crippen molar-refractivity contribution in [3.63, 3.8) is 0 Å². The Balaban J connectivity index is 1.99. The molecule has 1 aromatic carbocycles. The van der Waals surface area contributed by atoms with Gasteiger partial charge in [0, 0.05) is 24.9 Å². The number of hydrogen-bond donors (Lipinski definition) is 1. The molecule has 1 N–H and O–H groups in total. The molecule has 0 unspecified atom stereocenters. The molecule has 6 heteroatoms. The van der Waals surface area contributed by atoms with E-state index in [1.165, 1.54) is 31.6 Å². The molecule has 1 saturated heterocycles. The lowest BCUT2D eigenvalue weighted by Gasteiger charge is -2.26. The Kier molecular flexibility index (Phi) is 6.18. The van der Waals surface area contributed by atoms with E-state index in [1.54, 1.807) is 12.1 Å². The first-order valence-corrected chi connectivity index (χ1v) is 10.1. The number of likely N-dealkylation sites (tertiary alicyclic amines) is 1. The van der Waals surface area contributed by atoms with Crippen molar-refractivity contribution in [2.24, 2.45) is 0 Å². The van der Waals surface area contributed by atoms with Crippen molar-refractivity contribution in [3.05, 3.63) is 29.3 Å². The van der Waals surface area contributed by atoms with Crippen LogP contribution in [0.5, 0.6) is 0 Å². The van der Waals surface area contributed by atoms with Crippen molar-refractivity contribution in [1.82, 2.24) is 10.2 Å². The smallest absolute Gasteiger partial charge is 0.251 e. The molecule has 2 rings (SSSR count). The standard InChI is InChI=1S/C17H26N2O3S/c1-3-14-7-8-15(13-16(14)23(2,21)22)17(20)18-9-12-19-10-5-4-6-11-19/h7-8,13H,3-6,9-12H2,1-2H3,(H,18,20). The molecule has 0 spiro atoms. The summed E-state index contributed by atoms with van der Waals surface area (Å²) < 4.78 is 23.7. The number of hydrogen-bond acceptors (Lipinski definition) is 4. The van der Waals surface area contributed by atoms with Gasteiger partial charge >= 0.3 is 0 Å². The Morgan fingerprint density at radius 2 is 1.91 bits per heavy atom. The zero-order valence-electron chi connectivity index (χ0n) is 14.0. The summed E-state index contributed by atoms with van der Waals surface area (Å²) in [4.78, 5) is 14.8. The van der Waals surface area contributed by atoms with E-state index in [-0.39, 0.29) is 10.8 Å². The molecule has 128 valence electrons. The van der Waals surface area contributed by atoms with Crippen LogP contribution in [-0.2, 0) is 16.3 Å². The van der Waals surface area contributed by atoms with Crippen LogP contribution in [0.25, 0.3) is 0 Å². The molecule has 1 fully saturated rings. The molecule has 0 aliphatic carbocycles. The highest BCUT2D eigenvalue weighted by Crippen LogP contribution is 2.18. The van der Waals surface area contributed by atoms with Crippen molar-refractivity contribution in [2.45, 2.75) is 37.5 Å². The van der Waals surface area contributed by atoms with E-state index < -0.39 is 9.84 Å². The summed E-state index contributed by atoms with van der Waals surface area (Å²) in [6.45, 7) is 5.53. The predicted octanol–water partition coefficient (Wildman–Crippen LogP) is 1.87. The fourth-order valence-electron chi connectivity index (χ4n) is 2.95. The Bertz CT molecular complexity index is 650. The molecule has 0 atom stereocenters. The van der Waals surface area contributed by atoms with Gasteiger partial charge in [0.2, 0.25) is 0 Å². The van der Waals surface area contributed by atoms with Crippen LogP contribution in [0.4, 0.5) is 0 Å². The number of aryl methyl sites for hydroxylation is 1. The van der Waals surface area contributed by atoms with Gasteiger partial charge in [-0.25, -0.2) is 8.42 Å². The Hall–Kier alpha value is -1.40. The van der Waals surface area contributed by atoms with Gasteiger partial charge < -0.3 is 10.2 Å². The minimum Gasteiger partial charge on any atom is -0.351 e. The largest absolute Gasteiger partial charge is 0.351 e. The van der Waals surface area contributed by atoms with Crippen molar-refractivity contribution in [3.8, 4) is 0 Å². The number of amides is 1. The summed E-state index contributed by atoms with van der Waals surface area (Å²) >= 11 is 0. The average Bonchev–Trinajstić information content (AvgIpc) is 2.54. The summed E-state index contributed by atoms with van der Waals surface area (Å²) in [5.41, 5.74) is 1.15. The summed E-state index contributed by atoms with van der Waals surface area (Å²) in [6, 6.07) is 4.92. The first kappa shape index (κ1) is 17.9. The second kappa shape index (κ2) is 7.93. The molecule has 1 amide bonds. The van der Waals surface area contributed by atoms with Gasteiger partial charge in [0.1, 0.15) is 0 Å². The minimum absolute atomic E-state index is 0.213. The maximum Gasteiger partial charge on any atom is 0.251 e. The lowest BCUT2D eigenvalue weighted by molar-refractivity contribution is 0.0946. The van der Waals surface area contributed by atoms with E-state index in [9.17, 15) is 13.2 Å². The van der Waals surface area contributed by atoms with Crippen LogP contribution in [0.1, 0.15) is 42.1 Å². The highest BCUT2D eigenvalue weighted by atomic mass is 32.2. The Labute approximate surface area is 139 Å². The highest BCUT2D eigenvalue weighted by Gasteiger charge is 2.16. The predicted molar refractivity (Wildman–Crippen MR) is 91.6 cm³/mol. The fourth-order valence-corrected chi connectivity index (χ4v) is 3.98.